The number of anilines is 2. The highest BCUT2D eigenvalue weighted by Gasteiger charge is 2.21. The molecule has 1 saturated heterocycles. The summed E-state index contributed by atoms with van der Waals surface area (Å²) in [5, 5.41) is 4.17. The summed E-state index contributed by atoms with van der Waals surface area (Å²) in [4.78, 5) is 20.7. The lowest BCUT2D eigenvalue weighted by Gasteiger charge is -2.35. The van der Waals surface area contributed by atoms with E-state index in [0.717, 1.165) is 24.6 Å². The van der Waals surface area contributed by atoms with Gasteiger partial charge in [0.2, 0.25) is 5.91 Å². The van der Waals surface area contributed by atoms with Crippen LogP contribution in [0.25, 0.3) is 0 Å². The number of rotatable bonds is 4. The molecule has 1 aliphatic rings. The van der Waals surface area contributed by atoms with Gasteiger partial charge in [-0.2, -0.15) is 0 Å². The molecule has 1 amide bonds. The van der Waals surface area contributed by atoms with Crippen molar-refractivity contribution in [2.45, 2.75) is 0 Å². The zero-order valence-corrected chi connectivity index (χ0v) is 14.6. The minimum Gasteiger partial charge on any atom is -0.376 e. The van der Waals surface area contributed by atoms with Gasteiger partial charge in [0, 0.05) is 48.1 Å². The van der Waals surface area contributed by atoms with E-state index in [1.54, 1.807) is 24.4 Å². The van der Waals surface area contributed by atoms with Crippen molar-refractivity contribution in [1.29, 1.82) is 0 Å². The molecule has 0 saturated carbocycles. The Kier molecular flexibility index (Phi) is 5.43. The molecule has 2 aromatic rings. The molecular formula is C17H18Cl2N4O. The molecule has 1 aromatic carbocycles. The monoisotopic (exact) mass is 364 g/mol. The van der Waals surface area contributed by atoms with E-state index in [9.17, 15) is 4.79 Å². The van der Waals surface area contributed by atoms with Gasteiger partial charge in [-0.1, -0.05) is 29.3 Å². The molecule has 0 unspecified atom stereocenters. The van der Waals surface area contributed by atoms with Crippen LogP contribution in [0, 0.1) is 0 Å². The lowest BCUT2D eigenvalue weighted by atomic mass is 10.3. The number of halogens is 2. The Labute approximate surface area is 151 Å². The van der Waals surface area contributed by atoms with E-state index < -0.39 is 0 Å². The summed E-state index contributed by atoms with van der Waals surface area (Å²) in [6.07, 6.45) is 1.78. The number of pyridine rings is 1. The van der Waals surface area contributed by atoms with Gasteiger partial charge in [-0.3, -0.25) is 4.79 Å². The first-order valence-electron chi connectivity index (χ1n) is 7.75. The summed E-state index contributed by atoms with van der Waals surface area (Å²) in [6.45, 7) is 3.17. The zero-order chi connectivity index (χ0) is 16.9. The molecule has 126 valence electrons. The topological polar surface area (TPSA) is 48.5 Å². The Morgan fingerprint density at radius 1 is 1.08 bits per heavy atom. The summed E-state index contributed by atoms with van der Waals surface area (Å²) >= 11 is 11.9. The largest absolute Gasteiger partial charge is 0.376 e. The van der Waals surface area contributed by atoms with Crippen LogP contribution in [0.3, 0.4) is 0 Å². The minimum atomic E-state index is 0.0618. The van der Waals surface area contributed by atoms with Crippen LogP contribution in [0.2, 0.25) is 10.0 Å². The van der Waals surface area contributed by atoms with Gasteiger partial charge in [0.25, 0.3) is 0 Å². The molecule has 1 aromatic heterocycles. The Morgan fingerprint density at radius 3 is 2.42 bits per heavy atom. The van der Waals surface area contributed by atoms with Gasteiger partial charge in [0.05, 0.1) is 6.54 Å². The van der Waals surface area contributed by atoms with Gasteiger partial charge in [-0.05, 0) is 30.3 Å². The smallest absolute Gasteiger partial charge is 0.241 e. The molecule has 1 N–H and O–H groups in total. The molecule has 3 rings (SSSR count). The second kappa shape index (κ2) is 7.73. The van der Waals surface area contributed by atoms with Crippen molar-refractivity contribution in [2.24, 2.45) is 0 Å². The molecule has 24 heavy (non-hydrogen) atoms. The molecule has 0 aliphatic carbocycles. The lowest BCUT2D eigenvalue weighted by Crippen LogP contribution is -2.50. The number of piperazine rings is 1. The van der Waals surface area contributed by atoms with Crippen molar-refractivity contribution in [3.05, 3.63) is 52.6 Å². The van der Waals surface area contributed by atoms with E-state index in [-0.39, 0.29) is 12.5 Å². The molecule has 2 heterocycles. The highest BCUT2D eigenvalue weighted by molar-refractivity contribution is 6.35. The fourth-order valence-electron chi connectivity index (χ4n) is 2.67. The van der Waals surface area contributed by atoms with Gasteiger partial charge in [-0.25, -0.2) is 4.98 Å². The highest BCUT2D eigenvalue weighted by Crippen LogP contribution is 2.22. The van der Waals surface area contributed by atoms with Crippen LogP contribution in [0.4, 0.5) is 11.5 Å². The number of aromatic nitrogens is 1. The second-order valence-corrected chi connectivity index (χ2v) is 6.44. The number of carbonyl (C=O) groups excluding carboxylic acids is 1. The maximum atomic E-state index is 12.3. The lowest BCUT2D eigenvalue weighted by molar-refractivity contribution is -0.129. The van der Waals surface area contributed by atoms with Crippen molar-refractivity contribution in [3.8, 4) is 0 Å². The Morgan fingerprint density at radius 2 is 1.79 bits per heavy atom. The number of hydrogen-bond acceptors (Lipinski definition) is 4. The van der Waals surface area contributed by atoms with E-state index in [4.69, 9.17) is 23.2 Å². The van der Waals surface area contributed by atoms with Crippen LogP contribution >= 0.6 is 23.2 Å². The molecule has 7 heteroatoms. The first-order chi connectivity index (χ1) is 11.6. The number of benzene rings is 1. The third kappa shape index (κ3) is 4.30. The average Bonchev–Trinajstić information content (AvgIpc) is 2.60. The normalized spacial score (nSPS) is 14.6. The van der Waals surface area contributed by atoms with Gasteiger partial charge >= 0.3 is 0 Å². The summed E-state index contributed by atoms with van der Waals surface area (Å²) in [5.74, 6) is 1.02. The second-order valence-electron chi connectivity index (χ2n) is 5.57. The van der Waals surface area contributed by atoms with Crippen LogP contribution in [0.1, 0.15) is 0 Å². The third-order valence-electron chi connectivity index (χ3n) is 3.91. The van der Waals surface area contributed by atoms with E-state index in [1.807, 2.05) is 23.1 Å². The molecule has 1 fully saturated rings. The maximum absolute atomic E-state index is 12.3. The van der Waals surface area contributed by atoms with Crippen molar-refractivity contribution >= 4 is 40.6 Å². The molecule has 1 aliphatic heterocycles. The first-order valence-corrected chi connectivity index (χ1v) is 8.51. The van der Waals surface area contributed by atoms with Crippen molar-refractivity contribution in [2.75, 3.05) is 42.9 Å². The number of nitrogens with one attached hydrogen (secondary N) is 1. The predicted octanol–water partition coefficient (Wildman–Crippen LogP) is 3.15. The molecular weight excluding hydrogens is 347 g/mol. The van der Waals surface area contributed by atoms with Crippen molar-refractivity contribution in [1.82, 2.24) is 9.88 Å². The van der Waals surface area contributed by atoms with Gasteiger partial charge in [0.1, 0.15) is 5.82 Å². The number of amides is 1. The van der Waals surface area contributed by atoms with Crippen LogP contribution in [0.5, 0.6) is 0 Å². The zero-order valence-electron chi connectivity index (χ0n) is 13.1. The fourth-order valence-corrected chi connectivity index (χ4v) is 3.20. The van der Waals surface area contributed by atoms with Crippen molar-refractivity contribution in [3.63, 3.8) is 0 Å². The van der Waals surface area contributed by atoms with Crippen LogP contribution in [-0.4, -0.2) is 48.5 Å². The predicted molar refractivity (Wildman–Crippen MR) is 98.0 cm³/mol. The SMILES string of the molecule is O=C(CNc1cc(Cl)cc(Cl)c1)N1CCN(c2ccccn2)CC1. The Bertz CT molecular complexity index is 683. The van der Waals surface area contributed by atoms with Crippen molar-refractivity contribution < 1.29 is 4.79 Å². The van der Waals surface area contributed by atoms with Crippen LogP contribution in [0.15, 0.2) is 42.6 Å². The van der Waals surface area contributed by atoms with E-state index >= 15 is 0 Å². The maximum Gasteiger partial charge on any atom is 0.241 e. The first kappa shape index (κ1) is 16.9. The highest BCUT2D eigenvalue weighted by atomic mass is 35.5. The van der Waals surface area contributed by atoms with Gasteiger partial charge in [0.15, 0.2) is 0 Å². The van der Waals surface area contributed by atoms with Gasteiger partial charge in [-0.15, -0.1) is 0 Å². The van der Waals surface area contributed by atoms with E-state index in [2.05, 4.69) is 15.2 Å². The van der Waals surface area contributed by atoms with E-state index in [0.29, 0.717) is 23.1 Å². The molecule has 0 radical (unpaired) electrons. The Balaban J connectivity index is 1.50. The molecule has 0 bridgehead atoms. The standard InChI is InChI=1S/C17H18Cl2N4O/c18-13-9-14(19)11-15(10-13)21-12-17(24)23-7-5-22(6-8-23)16-3-1-2-4-20-16/h1-4,9-11,21H,5-8,12H2. The van der Waals surface area contributed by atoms with Crippen LogP contribution in [-0.2, 0) is 4.79 Å². The fraction of sp³-hybridized carbons (Fsp3) is 0.294. The molecule has 5 nitrogen and oxygen atoms in total. The van der Waals surface area contributed by atoms with Gasteiger partial charge < -0.3 is 15.1 Å². The quantitative estimate of drug-likeness (QED) is 0.905. The summed E-state index contributed by atoms with van der Waals surface area (Å²) in [5.41, 5.74) is 0.743. The summed E-state index contributed by atoms with van der Waals surface area (Å²) in [7, 11) is 0. The molecule has 0 spiro atoms. The minimum absolute atomic E-state index is 0.0618. The number of carbonyl (C=O) groups is 1. The molecule has 0 atom stereocenters. The Hall–Kier alpha value is -1.98. The van der Waals surface area contributed by atoms with Crippen LogP contribution < -0.4 is 10.2 Å². The number of nitrogens with zero attached hydrogens (tertiary/aromatic N) is 3. The summed E-state index contributed by atoms with van der Waals surface area (Å²) < 4.78 is 0. The van der Waals surface area contributed by atoms with E-state index in [1.165, 1.54) is 0 Å². The number of hydrogen-bond donors (Lipinski definition) is 1. The third-order valence-corrected chi connectivity index (χ3v) is 4.35. The average molecular weight is 365 g/mol. The summed E-state index contributed by atoms with van der Waals surface area (Å²) in [6, 6.07) is 11.0.